The van der Waals surface area contributed by atoms with Crippen molar-refractivity contribution in [2.75, 3.05) is 4.90 Å². The third kappa shape index (κ3) is 4.65. The predicted molar refractivity (Wildman–Crippen MR) is 221 cm³/mol. The van der Waals surface area contributed by atoms with Gasteiger partial charge in [0.2, 0.25) is 5.89 Å². The Morgan fingerprint density at radius 1 is 0.327 bits per heavy atom. The standard InChI is InChI=1S/C49H28N2O4/c1-2-8-30(9-3-1)49-50-48-45(55-49)25-24-44-47(48)37-21-16-31(26-46(37)54-44)29-14-17-32(18-15-29)51(33-19-22-42-38(27-33)35-10-4-6-12-40(35)52-42)34-20-23-43-39(28-34)36-11-5-7-13-41(36)53-43/h1-28H. The van der Waals surface area contributed by atoms with Crippen molar-refractivity contribution in [3.63, 3.8) is 0 Å². The van der Waals surface area contributed by atoms with E-state index in [1.54, 1.807) is 0 Å². The fourth-order valence-corrected chi connectivity index (χ4v) is 8.09. The highest BCUT2D eigenvalue weighted by Crippen LogP contribution is 2.42. The third-order valence-corrected chi connectivity index (χ3v) is 10.7. The number of anilines is 3. The van der Waals surface area contributed by atoms with Crippen molar-refractivity contribution in [1.29, 1.82) is 0 Å². The van der Waals surface area contributed by atoms with Gasteiger partial charge in [0.15, 0.2) is 5.58 Å². The Morgan fingerprint density at radius 3 is 1.56 bits per heavy atom. The summed E-state index contributed by atoms with van der Waals surface area (Å²) in [5.74, 6) is 0.597. The van der Waals surface area contributed by atoms with Gasteiger partial charge < -0.3 is 22.6 Å². The Balaban J connectivity index is 0.966. The second-order valence-electron chi connectivity index (χ2n) is 13.9. The van der Waals surface area contributed by atoms with E-state index in [0.29, 0.717) is 5.89 Å². The number of para-hydroxylation sites is 2. The highest BCUT2D eigenvalue weighted by Gasteiger charge is 2.20. The average Bonchev–Trinajstić information content (AvgIpc) is 4.02. The molecule has 0 bridgehead atoms. The van der Waals surface area contributed by atoms with Crippen LogP contribution in [0.4, 0.5) is 17.1 Å². The van der Waals surface area contributed by atoms with Gasteiger partial charge >= 0.3 is 0 Å². The first-order valence-corrected chi connectivity index (χ1v) is 18.3. The van der Waals surface area contributed by atoms with Crippen LogP contribution in [0.1, 0.15) is 0 Å². The Morgan fingerprint density at radius 2 is 0.873 bits per heavy atom. The molecule has 4 heterocycles. The topological polar surface area (TPSA) is 68.7 Å². The van der Waals surface area contributed by atoms with E-state index < -0.39 is 0 Å². The molecule has 0 spiro atoms. The van der Waals surface area contributed by atoms with E-state index in [4.69, 9.17) is 22.7 Å². The molecule has 0 atom stereocenters. The number of hydrogen-bond acceptors (Lipinski definition) is 6. The van der Waals surface area contributed by atoms with E-state index in [1.807, 2.05) is 66.7 Å². The largest absolute Gasteiger partial charge is 0.456 e. The Labute approximate surface area is 313 Å². The minimum Gasteiger partial charge on any atom is -0.456 e. The summed E-state index contributed by atoms with van der Waals surface area (Å²) in [7, 11) is 0. The molecular formula is C49H28N2O4. The molecule has 0 saturated heterocycles. The minimum atomic E-state index is 0.597. The van der Waals surface area contributed by atoms with Gasteiger partial charge in [-0.1, -0.05) is 72.8 Å². The van der Waals surface area contributed by atoms with Gasteiger partial charge in [0.25, 0.3) is 0 Å². The summed E-state index contributed by atoms with van der Waals surface area (Å²) in [6, 6.07) is 58.2. The molecule has 0 aliphatic rings. The summed E-state index contributed by atoms with van der Waals surface area (Å²) in [6.07, 6.45) is 0. The molecular weight excluding hydrogens is 681 g/mol. The van der Waals surface area contributed by atoms with Gasteiger partial charge in [-0.05, 0) is 108 Å². The SMILES string of the molecule is c1ccc(-c2nc3c(ccc4oc5cc(-c6ccc(N(c7ccc8oc9ccccc9c8c7)c7ccc8oc9ccccc9c8c7)cc6)ccc5c43)o2)cc1. The van der Waals surface area contributed by atoms with Crippen LogP contribution >= 0.6 is 0 Å². The molecule has 12 aromatic rings. The van der Waals surface area contributed by atoms with E-state index in [9.17, 15) is 0 Å². The van der Waals surface area contributed by atoms with Gasteiger partial charge in [-0.25, -0.2) is 4.98 Å². The maximum Gasteiger partial charge on any atom is 0.227 e. The van der Waals surface area contributed by atoms with E-state index in [1.165, 1.54) is 0 Å². The van der Waals surface area contributed by atoms with Crippen LogP contribution in [0.15, 0.2) is 188 Å². The van der Waals surface area contributed by atoms with Crippen LogP contribution in [0.2, 0.25) is 0 Å². The molecule has 0 aliphatic heterocycles. The smallest absolute Gasteiger partial charge is 0.227 e. The molecule has 6 nitrogen and oxygen atoms in total. The van der Waals surface area contributed by atoms with Crippen LogP contribution in [0.5, 0.6) is 0 Å². The van der Waals surface area contributed by atoms with Crippen molar-refractivity contribution in [2.45, 2.75) is 0 Å². The number of benzene rings is 8. The van der Waals surface area contributed by atoms with Gasteiger partial charge in [-0.3, -0.25) is 0 Å². The molecule has 12 rings (SSSR count). The zero-order chi connectivity index (χ0) is 36.0. The van der Waals surface area contributed by atoms with E-state index >= 15 is 0 Å². The second kappa shape index (κ2) is 11.5. The van der Waals surface area contributed by atoms with Crippen LogP contribution < -0.4 is 4.90 Å². The molecule has 0 fully saturated rings. The molecule has 258 valence electrons. The summed E-state index contributed by atoms with van der Waals surface area (Å²) in [6.45, 7) is 0. The third-order valence-electron chi connectivity index (χ3n) is 10.7. The summed E-state index contributed by atoms with van der Waals surface area (Å²) < 4.78 is 25.0. The monoisotopic (exact) mass is 708 g/mol. The minimum absolute atomic E-state index is 0.597. The second-order valence-corrected chi connectivity index (χ2v) is 13.9. The zero-order valence-electron chi connectivity index (χ0n) is 29.2. The number of aromatic nitrogens is 1. The van der Waals surface area contributed by atoms with Gasteiger partial charge in [0, 0.05) is 49.6 Å². The Bertz CT molecular complexity index is 3330. The molecule has 6 heteroatoms. The average molecular weight is 709 g/mol. The van der Waals surface area contributed by atoms with Crippen molar-refractivity contribution in [3.8, 4) is 22.6 Å². The number of oxazole rings is 1. The Hall–Kier alpha value is -7.57. The van der Waals surface area contributed by atoms with Crippen LogP contribution in [-0.4, -0.2) is 4.98 Å². The van der Waals surface area contributed by atoms with E-state index in [2.05, 4.69) is 108 Å². The molecule has 0 aliphatic carbocycles. The molecule has 0 N–H and O–H groups in total. The van der Waals surface area contributed by atoms with Crippen LogP contribution in [0, 0.1) is 0 Å². The summed E-state index contributed by atoms with van der Waals surface area (Å²) in [5, 5.41) is 6.29. The van der Waals surface area contributed by atoms with Gasteiger partial charge in [0.1, 0.15) is 39.0 Å². The molecule has 4 aromatic heterocycles. The van der Waals surface area contributed by atoms with Crippen LogP contribution in [-0.2, 0) is 0 Å². The first-order valence-electron chi connectivity index (χ1n) is 18.3. The maximum atomic E-state index is 6.43. The predicted octanol–water partition coefficient (Wildman–Crippen LogP) is 14.3. The lowest BCUT2D eigenvalue weighted by Crippen LogP contribution is -2.09. The first-order chi connectivity index (χ1) is 27.2. The number of nitrogens with zero attached hydrogens (tertiary/aromatic N) is 2. The molecule has 8 aromatic carbocycles. The normalized spacial score (nSPS) is 12.0. The zero-order valence-corrected chi connectivity index (χ0v) is 29.2. The molecule has 0 amide bonds. The van der Waals surface area contributed by atoms with Crippen LogP contribution in [0.25, 0.3) is 99.5 Å². The van der Waals surface area contributed by atoms with Crippen LogP contribution in [0.3, 0.4) is 0 Å². The lowest BCUT2D eigenvalue weighted by molar-refractivity contribution is 0.619. The van der Waals surface area contributed by atoms with Gasteiger partial charge in [-0.2, -0.15) is 0 Å². The number of fused-ring (bicyclic) bond motifs is 11. The molecule has 0 radical (unpaired) electrons. The lowest BCUT2D eigenvalue weighted by atomic mass is 10.0. The fourth-order valence-electron chi connectivity index (χ4n) is 8.09. The highest BCUT2D eigenvalue weighted by atomic mass is 16.4. The Kier molecular flexibility index (Phi) is 6.24. The van der Waals surface area contributed by atoms with E-state index in [0.717, 1.165) is 111 Å². The first kappa shape index (κ1) is 29.9. The summed E-state index contributed by atoms with van der Waals surface area (Å²) in [4.78, 5) is 7.20. The number of furan rings is 3. The van der Waals surface area contributed by atoms with Crippen molar-refractivity contribution in [1.82, 2.24) is 4.98 Å². The number of rotatable bonds is 5. The molecule has 0 unspecified atom stereocenters. The quantitative estimate of drug-likeness (QED) is 0.177. The summed E-state index contributed by atoms with van der Waals surface area (Å²) >= 11 is 0. The maximum absolute atomic E-state index is 6.43. The molecule has 0 saturated carbocycles. The van der Waals surface area contributed by atoms with Crippen molar-refractivity contribution >= 4 is 94.0 Å². The fraction of sp³-hybridized carbons (Fsp3) is 0. The van der Waals surface area contributed by atoms with Crippen molar-refractivity contribution in [3.05, 3.63) is 170 Å². The summed E-state index contributed by atoms with van der Waals surface area (Å²) in [5.41, 5.74) is 12.7. The number of hydrogen-bond donors (Lipinski definition) is 0. The highest BCUT2D eigenvalue weighted by molar-refractivity contribution is 6.17. The van der Waals surface area contributed by atoms with E-state index in [-0.39, 0.29) is 0 Å². The van der Waals surface area contributed by atoms with Gasteiger partial charge in [-0.15, -0.1) is 0 Å². The van der Waals surface area contributed by atoms with Gasteiger partial charge in [0.05, 0.1) is 5.39 Å². The lowest BCUT2D eigenvalue weighted by Gasteiger charge is -2.26. The van der Waals surface area contributed by atoms with Crippen molar-refractivity contribution < 1.29 is 17.7 Å². The van der Waals surface area contributed by atoms with Crippen molar-refractivity contribution in [2.24, 2.45) is 0 Å². The molecule has 55 heavy (non-hydrogen) atoms.